The van der Waals surface area contributed by atoms with Crippen LogP contribution in [0.15, 0.2) is 48.5 Å². The van der Waals surface area contributed by atoms with Crippen LogP contribution < -0.4 is 5.73 Å². The van der Waals surface area contributed by atoms with Crippen molar-refractivity contribution in [1.29, 1.82) is 0 Å². The van der Waals surface area contributed by atoms with Crippen molar-refractivity contribution in [2.24, 2.45) is 5.73 Å². The van der Waals surface area contributed by atoms with Crippen molar-refractivity contribution in [2.45, 2.75) is 19.8 Å². The second-order valence-electron chi connectivity index (χ2n) is 4.46. The van der Waals surface area contributed by atoms with Gasteiger partial charge in [-0.25, -0.2) is 0 Å². The van der Waals surface area contributed by atoms with Crippen molar-refractivity contribution < 1.29 is 0 Å². The minimum atomic E-state index is 0.716. The summed E-state index contributed by atoms with van der Waals surface area (Å²) in [5, 5.41) is 0. The van der Waals surface area contributed by atoms with Crippen LogP contribution in [0, 0.1) is 6.92 Å². The Labute approximate surface area is 103 Å². The molecule has 2 aromatic rings. The Morgan fingerprint density at radius 2 is 1.71 bits per heavy atom. The fraction of sp³-hybridized carbons (Fsp3) is 0.250. The van der Waals surface area contributed by atoms with Crippen LogP contribution in [-0.2, 0) is 12.8 Å². The van der Waals surface area contributed by atoms with Crippen molar-refractivity contribution in [2.75, 3.05) is 6.54 Å². The fourth-order valence-corrected chi connectivity index (χ4v) is 2.09. The zero-order valence-electron chi connectivity index (χ0n) is 10.3. The van der Waals surface area contributed by atoms with Gasteiger partial charge in [-0.15, -0.1) is 0 Å². The molecule has 0 aliphatic heterocycles. The molecule has 0 bridgehead atoms. The maximum absolute atomic E-state index is 5.59. The first-order valence-corrected chi connectivity index (χ1v) is 6.12. The summed E-state index contributed by atoms with van der Waals surface area (Å²) in [6.07, 6.45) is 1.96. The van der Waals surface area contributed by atoms with E-state index in [0.717, 1.165) is 12.8 Å². The third kappa shape index (κ3) is 3.18. The molecule has 0 unspecified atom stereocenters. The van der Waals surface area contributed by atoms with Crippen LogP contribution in [0.25, 0.3) is 0 Å². The monoisotopic (exact) mass is 225 g/mol. The number of hydrogen-bond acceptors (Lipinski definition) is 1. The molecule has 1 heteroatoms. The van der Waals surface area contributed by atoms with Crippen molar-refractivity contribution in [1.82, 2.24) is 0 Å². The van der Waals surface area contributed by atoms with Crippen molar-refractivity contribution in [3.8, 4) is 0 Å². The molecule has 0 aromatic heterocycles. The van der Waals surface area contributed by atoms with Gasteiger partial charge in [-0.1, -0.05) is 48.5 Å². The van der Waals surface area contributed by atoms with Crippen LogP contribution in [0.2, 0.25) is 0 Å². The maximum Gasteiger partial charge on any atom is -0.00230 e. The first-order valence-electron chi connectivity index (χ1n) is 6.12. The number of aryl methyl sites for hydroxylation is 1. The lowest BCUT2D eigenvalue weighted by Crippen LogP contribution is -2.03. The van der Waals surface area contributed by atoms with E-state index in [2.05, 4.69) is 55.5 Å². The van der Waals surface area contributed by atoms with Gasteiger partial charge in [0.2, 0.25) is 0 Å². The van der Waals surface area contributed by atoms with Crippen LogP contribution in [0.4, 0.5) is 0 Å². The molecule has 0 saturated heterocycles. The minimum absolute atomic E-state index is 0.716. The fourth-order valence-electron chi connectivity index (χ4n) is 2.09. The molecule has 2 N–H and O–H groups in total. The molecule has 0 radical (unpaired) electrons. The predicted molar refractivity (Wildman–Crippen MR) is 73.2 cm³/mol. The molecule has 2 rings (SSSR count). The normalized spacial score (nSPS) is 10.5. The van der Waals surface area contributed by atoms with E-state index in [4.69, 9.17) is 5.73 Å². The van der Waals surface area contributed by atoms with Crippen LogP contribution >= 0.6 is 0 Å². The highest BCUT2D eigenvalue weighted by atomic mass is 14.5. The van der Waals surface area contributed by atoms with E-state index in [0.29, 0.717) is 6.54 Å². The van der Waals surface area contributed by atoms with Crippen molar-refractivity contribution in [3.63, 3.8) is 0 Å². The van der Waals surface area contributed by atoms with Gasteiger partial charge < -0.3 is 5.73 Å². The number of nitrogens with two attached hydrogens (primary N) is 1. The molecule has 0 spiro atoms. The van der Waals surface area contributed by atoms with Gasteiger partial charge >= 0.3 is 0 Å². The third-order valence-corrected chi connectivity index (χ3v) is 3.08. The third-order valence-electron chi connectivity index (χ3n) is 3.08. The predicted octanol–water partition coefficient (Wildman–Crippen LogP) is 3.09. The van der Waals surface area contributed by atoms with Gasteiger partial charge in [-0.2, -0.15) is 0 Å². The average Bonchev–Trinajstić information content (AvgIpc) is 2.33. The van der Waals surface area contributed by atoms with E-state index in [9.17, 15) is 0 Å². The minimum Gasteiger partial charge on any atom is -0.330 e. The molecule has 17 heavy (non-hydrogen) atoms. The first-order chi connectivity index (χ1) is 8.29. The van der Waals surface area contributed by atoms with Crippen LogP contribution in [0.1, 0.15) is 22.3 Å². The van der Waals surface area contributed by atoms with E-state index in [-0.39, 0.29) is 0 Å². The highest BCUT2D eigenvalue weighted by molar-refractivity contribution is 5.33. The highest BCUT2D eigenvalue weighted by Crippen LogP contribution is 2.14. The lowest BCUT2D eigenvalue weighted by Gasteiger charge is -2.07. The lowest BCUT2D eigenvalue weighted by atomic mass is 9.99. The Hall–Kier alpha value is -1.60. The van der Waals surface area contributed by atoms with Gasteiger partial charge in [0.15, 0.2) is 0 Å². The smallest absolute Gasteiger partial charge is 0.00230 e. The van der Waals surface area contributed by atoms with Crippen LogP contribution in [-0.4, -0.2) is 6.54 Å². The molecule has 0 saturated carbocycles. The quantitative estimate of drug-likeness (QED) is 0.850. The topological polar surface area (TPSA) is 26.0 Å². The molecular weight excluding hydrogens is 206 g/mol. The SMILES string of the molecule is Cc1ccccc1Cc1cccc(CCN)c1. The summed E-state index contributed by atoms with van der Waals surface area (Å²) >= 11 is 0. The summed E-state index contributed by atoms with van der Waals surface area (Å²) in [6.45, 7) is 2.88. The molecule has 0 atom stereocenters. The van der Waals surface area contributed by atoms with Gasteiger partial charge in [0.25, 0.3) is 0 Å². The molecule has 0 aliphatic carbocycles. The summed E-state index contributed by atoms with van der Waals surface area (Å²) in [4.78, 5) is 0. The van der Waals surface area contributed by atoms with Gasteiger partial charge in [0.05, 0.1) is 0 Å². The Balaban J connectivity index is 2.18. The molecule has 0 amide bonds. The zero-order valence-corrected chi connectivity index (χ0v) is 10.3. The molecule has 2 aromatic carbocycles. The first kappa shape index (κ1) is 11.9. The largest absolute Gasteiger partial charge is 0.330 e. The van der Waals surface area contributed by atoms with E-state index in [1.807, 2.05) is 0 Å². The van der Waals surface area contributed by atoms with Crippen molar-refractivity contribution >= 4 is 0 Å². The zero-order chi connectivity index (χ0) is 12.1. The van der Waals surface area contributed by atoms with E-state index in [1.54, 1.807) is 0 Å². The average molecular weight is 225 g/mol. The number of benzene rings is 2. The van der Waals surface area contributed by atoms with Crippen LogP contribution in [0.5, 0.6) is 0 Å². The van der Waals surface area contributed by atoms with Gasteiger partial charge in [-0.05, 0) is 48.6 Å². The number of hydrogen-bond donors (Lipinski definition) is 1. The van der Waals surface area contributed by atoms with E-state index in [1.165, 1.54) is 22.3 Å². The molecule has 0 aliphatic rings. The molecule has 1 nitrogen and oxygen atoms in total. The molecule has 0 fully saturated rings. The van der Waals surface area contributed by atoms with E-state index >= 15 is 0 Å². The summed E-state index contributed by atoms with van der Waals surface area (Å²) in [6, 6.07) is 17.3. The molecule has 0 heterocycles. The summed E-state index contributed by atoms with van der Waals surface area (Å²) in [5.41, 5.74) is 11.0. The number of rotatable bonds is 4. The standard InChI is InChI=1S/C16H19N/c1-13-5-2-3-8-16(13)12-15-7-4-6-14(11-15)9-10-17/h2-8,11H,9-10,12,17H2,1H3. The lowest BCUT2D eigenvalue weighted by molar-refractivity contribution is 0.963. The Morgan fingerprint density at radius 1 is 0.941 bits per heavy atom. The van der Waals surface area contributed by atoms with Gasteiger partial charge in [0, 0.05) is 0 Å². The van der Waals surface area contributed by atoms with Crippen molar-refractivity contribution in [3.05, 3.63) is 70.8 Å². The molecule has 88 valence electrons. The van der Waals surface area contributed by atoms with Crippen LogP contribution in [0.3, 0.4) is 0 Å². The molecular formula is C16H19N. The van der Waals surface area contributed by atoms with E-state index < -0.39 is 0 Å². The second-order valence-corrected chi connectivity index (χ2v) is 4.46. The summed E-state index contributed by atoms with van der Waals surface area (Å²) < 4.78 is 0. The van der Waals surface area contributed by atoms with Gasteiger partial charge in [-0.3, -0.25) is 0 Å². The highest BCUT2D eigenvalue weighted by Gasteiger charge is 2.00. The Kier molecular flexibility index (Phi) is 3.94. The Bertz CT molecular complexity index is 488. The second kappa shape index (κ2) is 5.65. The summed E-state index contributed by atoms with van der Waals surface area (Å²) in [7, 11) is 0. The van der Waals surface area contributed by atoms with Gasteiger partial charge in [0.1, 0.15) is 0 Å². The summed E-state index contributed by atoms with van der Waals surface area (Å²) in [5.74, 6) is 0. The maximum atomic E-state index is 5.59. The Morgan fingerprint density at radius 3 is 2.47 bits per heavy atom.